The van der Waals surface area contributed by atoms with E-state index in [1.165, 1.54) is 4.90 Å². The van der Waals surface area contributed by atoms with Crippen LogP contribution in [-0.4, -0.2) is 45.2 Å². The van der Waals surface area contributed by atoms with Crippen LogP contribution < -0.4 is 5.32 Å². The first-order chi connectivity index (χ1) is 16.7. The monoisotopic (exact) mass is 447 g/mol. The van der Waals surface area contributed by atoms with Crippen LogP contribution in [0.5, 0.6) is 0 Å². The predicted molar refractivity (Wildman–Crippen MR) is 132 cm³/mol. The first-order valence-electron chi connectivity index (χ1n) is 11.2. The van der Waals surface area contributed by atoms with Crippen molar-refractivity contribution >= 4 is 39.3 Å². The fraction of sp³-hybridized carbons (Fsp3) is 0.111. The van der Waals surface area contributed by atoms with Gasteiger partial charge in [-0.25, -0.2) is 0 Å². The number of anilines is 1. The molecule has 0 saturated carbocycles. The fourth-order valence-electron chi connectivity index (χ4n) is 4.55. The molecule has 2 amide bonds. The minimum atomic E-state index is -0.220. The Morgan fingerprint density at radius 2 is 1.44 bits per heavy atom. The Morgan fingerprint density at radius 3 is 2.18 bits per heavy atom. The van der Waals surface area contributed by atoms with Crippen LogP contribution in [0.15, 0.2) is 78.9 Å². The zero-order valence-corrected chi connectivity index (χ0v) is 18.3. The van der Waals surface area contributed by atoms with Gasteiger partial charge in [0.05, 0.1) is 0 Å². The summed E-state index contributed by atoms with van der Waals surface area (Å²) >= 11 is 0. The predicted octanol–water partition coefficient (Wildman–Crippen LogP) is 4.88. The fourth-order valence-corrected chi connectivity index (χ4v) is 4.55. The molecule has 0 spiro atoms. The molecule has 2 N–H and O–H groups in total. The van der Waals surface area contributed by atoms with E-state index in [4.69, 9.17) is 0 Å². The highest BCUT2D eigenvalue weighted by molar-refractivity contribution is 6.25. The average molecular weight is 447 g/mol. The average Bonchev–Trinajstić information content (AvgIpc) is 3.35. The van der Waals surface area contributed by atoms with E-state index < -0.39 is 0 Å². The number of carbonyl (C=O) groups is 2. The zero-order valence-electron chi connectivity index (χ0n) is 18.3. The molecule has 5 aromatic rings. The van der Waals surface area contributed by atoms with E-state index in [1.807, 2.05) is 54.6 Å². The summed E-state index contributed by atoms with van der Waals surface area (Å²) in [7, 11) is 0. The third kappa shape index (κ3) is 3.38. The maximum absolute atomic E-state index is 13.0. The van der Waals surface area contributed by atoms with Crippen LogP contribution in [0.3, 0.4) is 0 Å². The third-order valence-electron chi connectivity index (χ3n) is 6.28. The van der Waals surface area contributed by atoms with Gasteiger partial charge in [0.1, 0.15) is 11.0 Å². The Balaban J connectivity index is 1.09. The van der Waals surface area contributed by atoms with E-state index in [2.05, 4.69) is 32.9 Å². The molecule has 0 saturated heterocycles. The smallest absolute Gasteiger partial charge is 0.261 e. The molecule has 1 aromatic heterocycles. The standard InChI is InChI=1S/C27H21N5O2/c33-26-21-6-1-4-18-5-2-7-22(25(18)21)27(34)32(26)15-3-14-28-20-11-8-17(9-12-20)19-10-13-23-24(16-19)30-31-29-23/h1-2,4-13,16,28H,3,14-15H2,(H,29,30,31). The van der Waals surface area contributed by atoms with Crippen LogP contribution in [0.1, 0.15) is 27.1 Å². The molecule has 34 heavy (non-hydrogen) atoms. The van der Waals surface area contributed by atoms with E-state index in [1.54, 1.807) is 12.1 Å². The number of aromatic nitrogens is 3. The van der Waals surface area contributed by atoms with Crippen molar-refractivity contribution in [2.24, 2.45) is 0 Å². The first kappa shape index (κ1) is 20.1. The SMILES string of the molecule is O=C1c2cccc3cccc(c23)C(=O)N1CCCNc1ccc(-c2ccc3n[nH]nc3c2)cc1. The van der Waals surface area contributed by atoms with Crippen molar-refractivity contribution in [3.8, 4) is 11.1 Å². The van der Waals surface area contributed by atoms with Gasteiger partial charge in [0.2, 0.25) is 0 Å². The molecule has 0 atom stereocenters. The number of benzene rings is 4. The lowest BCUT2D eigenvalue weighted by molar-refractivity contribution is 0.0610. The number of fused-ring (bicyclic) bond motifs is 1. The van der Waals surface area contributed by atoms with Gasteiger partial charge < -0.3 is 5.32 Å². The minimum Gasteiger partial charge on any atom is -0.385 e. The third-order valence-corrected chi connectivity index (χ3v) is 6.28. The molecule has 0 fully saturated rings. The van der Waals surface area contributed by atoms with Crippen molar-refractivity contribution in [2.75, 3.05) is 18.4 Å². The van der Waals surface area contributed by atoms with E-state index in [0.29, 0.717) is 30.6 Å². The van der Waals surface area contributed by atoms with Crippen LogP contribution in [0.25, 0.3) is 32.9 Å². The number of hydrogen-bond acceptors (Lipinski definition) is 5. The van der Waals surface area contributed by atoms with E-state index in [0.717, 1.165) is 38.6 Å². The largest absolute Gasteiger partial charge is 0.385 e. The van der Waals surface area contributed by atoms with E-state index in [-0.39, 0.29) is 11.8 Å². The lowest BCUT2D eigenvalue weighted by atomic mass is 9.94. The van der Waals surface area contributed by atoms with Crippen molar-refractivity contribution in [2.45, 2.75) is 6.42 Å². The van der Waals surface area contributed by atoms with Crippen molar-refractivity contribution in [1.82, 2.24) is 20.3 Å². The number of nitrogens with one attached hydrogen (secondary N) is 2. The molecule has 6 rings (SSSR count). The molecule has 166 valence electrons. The van der Waals surface area contributed by atoms with Gasteiger partial charge in [-0.15, -0.1) is 0 Å². The summed E-state index contributed by atoms with van der Waals surface area (Å²) in [4.78, 5) is 27.3. The highest BCUT2D eigenvalue weighted by Crippen LogP contribution is 2.30. The van der Waals surface area contributed by atoms with Crippen molar-refractivity contribution in [1.29, 1.82) is 0 Å². The summed E-state index contributed by atoms with van der Waals surface area (Å²) < 4.78 is 0. The number of nitrogens with zero attached hydrogens (tertiary/aromatic N) is 3. The van der Waals surface area contributed by atoms with Crippen LogP contribution in [0.4, 0.5) is 5.69 Å². The Bertz CT molecular complexity index is 1500. The lowest BCUT2D eigenvalue weighted by Crippen LogP contribution is -2.41. The molecule has 2 heterocycles. The number of amides is 2. The molecule has 0 aliphatic carbocycles. The highest BCUT2D eigenvalue weighted by atomic mass is 16.2. The van der Waals surface area contributed by atoms with Crippen LogP contribution in [-0.2, 0) is 0 Å². The van der Waals surface area contributed by atoms with Crippen molar-refractivity contribution < 1.29 is 9.59 Å². The van der Waals surface area contributed by atoms with Gasteiger partial charge in [0.15, 0.2) is 0 Å². The molecule has 0 bridgehead atoms. The van der Waals surface area contributed by atoms with Gasteiger partial charge in [-0.2, -0.15) is 15.4 Å². The molecular formula is C27H21N5O2. The van der Waals surface area contributed by atoms with Gasteiger partial charge in [-0.3, -0.25) is 14.5 Å². The van der Waals surface area contributed by atoms with Gasteiger partial charge in [-0.05, 0) is 59.3 Å². The summed E-state index contributed by atoms with van der Waals surface area (Å²) in [6.45, 7) is 1.01. The number of hydrogen-bond donors (Lipinski definition) is 2. The maximum Gasteiger partial charge on any atom is 0.261 e. The second kappa shape index (κ2) is 8.12. The first-order valence-corrected chi connectivity index (χ1v) is 11.2. The minimum absolute atomic E-state index is 0.220. The Hall–Kier alpha value is -4.52. The molecule has 1 aliphatic heterocycles. The summed E-state index contributed by atoms with van der Waals surface area (Å²) in [5.74, 6) is -0.439. The Kier molecular flexibility index (Phi) is 4.80. The molecule has 7 nitrogen and oxygen atoms in total. The topological polar surface area (TPSA) is 91.0 Å². The summed E-state index contributed by atoms with van der Waals surface area (Å²) in [5, 5.41) is 15.9. The molecule has 7 heteroatoms. The summed E-state index contributed by atoms with van der Waals surface area (Å²) in [5.41, 5.74) is 6.02. The second-order valence-electron chi connectivity index (χ2n) is 8.36. The van der Waals surface area contributed by atoms with Gasteiger partial charge >= 0.3 is 0 Å². The molecule has 4 aromatic carbocycles. The summed E-state index contributed by atoms with van der Waals surface area (Å²) in [6, 6.07) is 25.3. The van der Waals surface area contributed by atoms with Gasteiger partial charge in [0, 0.05) is 35.3 Å². The van der Waals surface area contributed by atoms with Gasteiger partial charge in [0.25, 0.3) is 11.8 Å². The molecular weight excluding hydrogens is 426 g/mol. The number of carbonyl (C=O) groups excluding carboxylic acids is 2. The molecule has 0 radical (unpaired) electrons. The number of imide groups is 1. The Labute approximate surface area is 195 Å². The number of H-pyrrole nitrogens is 1. The zero-order chi connectivity index (χ0) is 23.1. The van der Waals surface area contributed by atoms with E-state index >= 15 is 0 Å². The highest BCUT2D eigenvalue weighted by Gasteiger charge is 2.32. The molecule has 1 aliphatic rings. The number of rotatable bonds is 6. The summed E-state index contributed by atoms with van der Waals surface area (Å²) in [6.07, 6.45) is 0.653. The second-order valence-corrected chi connectivity index (χ2v) is 8.36. The van der Waals surface area contributed by atoms with E-state index in [9.17, 15) is 9.59 Å². The van der Waals surface area contributed by atoms with Crippen molar-refractivity contribution in [3.05, 3.63) is 90.0 Å². The van der Waals surface area contributed by atoms with Gasteiger partial charge in [-0.1, -0.05) is 42.5 Å². The Morgan fingerprint density at radius 1 is 0.765 bits per heavy atom. The quantitative estimate of drug-likeness (QED) is 0.286. The van der Waals surface area contributed by atoms with Crippen molar-refractivity contribution in [3.63, 3.8) is 0 Å². The van der Waals surface area contributed by atoms with Crippen LogP contribution in [0.2, 0.25) is 0 Å². The normalized spacial score (nSPS) is 13.1. The number of aromatic amines is 1. The lowest BCUT2D eigenvalue weighted by Gasteiger charge is -2.27. The van der Waals surface area contributed by atoms with Crippen LogP contribution >= 0.6 is 0 Å². The van der Waals surface area contributed by atoms with Crippen LogP contribution in [0, 0.1) is 0 Å². The maximum atomic E-state index is 13.0. The molecule has 0 unspecified atom stereocenters.